The molecule has 18 heavy (non-hydrogen) atoms. The first-order chi connectivity index (χ1) is 8.56. The van der Waals surface area contributed by atoms with Crippen molar-refractivity contribution < 1.29 is 4.74 Å². The molecule has 0 fully saturated rings. The van der Waals surface area contributed by atoms with Gasteiger partial charge in [0, 0.05) is 27.2 Å². The van der Waals surface area contributed by atoms with Crippen LogP contribution in [0.25, 0.3) is 0 Å². The minimum Gasteiger partial charge on any atom is -0.618 e. The molecule has 0 aliphatic carbocycles. The summed E-state index contributed by atoms with van der Waals surface area (Å²) in [6.07, 6.45) is 1.51. The Morgan fingerprint density at radius 2 is 1.61 bits per heavy atom. The number of hydrogen-bond acceptors (Lipinski definition) is 1. The van der Waals surface area contributed by atoms with E-state index in [0.717, 1.165) is 15.9 Å². The molecule has 0 aliphatic heterocycles. The Morgan fingerprint density at radius 1 is 1.00 bits per heavy atom. The van der Waals surface area contributed by atoms with Crippen molar-refractivity contribution in [2.45, 2.75) is 6.92 Å². The molecule has 92 valence electrons. The van der Waals surface area contributed by atoms with Gasteiger partial charge in [-0.3, -0.25) is 0 Å². The topological polar surface area (TPSA) is 26.1 Å². The van der Waals surface area contributed by atoms with Gasteiger partial charge in [0.25, 0.3) is 0 Å². The third-order valence-electron chi connectivity index (χ3n) is 2.53. The van der Waals surface area contributed by atoms with E-state index in [1.165, 1.54) is 6.21 Å². The molecule has 0 heterocycles. The first-order valence-corrected chi connectivity index (χ1v) is 6.15. The summed E-state index contributed by atoms with van der Waals surface area (Å²) in [5.41, 5.74) is 2.21. The number of aryl methyl sites for hydroxylation is 1. The molecule has 0 bridgehead atoms. The normalized spacial score (nSPS) is 11.6. The van der Waals surface area contributed by atoms with E-state index in [-0.39, 0.29) is 0 Å². The van der Waals surface area contributed by atoms with Gasteiger partial charge in [0.1, 0.15) is 0 Å². The summed E-state index contributed by atoms with van der Waals surface area (Å²) in [7, 11) is 0. The van der Waals surface area contributed by atoms with Crippen LogP contribution in [0.1, 0.15) is 11.1 Å². The van der Waals surface area contributed by atoms with Crippen LogP contribution >= 0.6 is 23.2 Å². The minimum absolute atomic E-state index is 0.578. The third-order valence-corrected chi connectivity index (χ3v) is 3.02. The molecule has 0 saturated carbocycles. The number of rotatable bonds is 2. The highest BCUT2D eigenvalue weighted by atomic mass is 35.5. The Balaban J connectivity index is 2.35. The average molecular weight is 280 g/mol. The molecule has 0 amide bonds. The van der Waals surface area contributed by atoms with E-state index in [4.69, 9.17) is 23.2 Å². The van der Waals surface area contributed by atoms with Gasteiger partial charge in [0.05, 0.1) is 0 Å². The van der Waals surface area contributed by atoms with E-state index in [2.05, 4.69) is 0 Å². The summed E-state index contributed by atoms with van der Waals surface area (Å²) in [5, 5.41) is 13.3. The lowest BCUT2D eigenvalue weighted by Crippen LogP contribution is -2.00. The lowest BCUT2D eigenvalue weighted by atomic mass is 10.2. The smallest absolute Gasteiger partial charge is 0.219 e. The van der Waals surface area contributed by atoms with Crippen molar-refractivity contribution in [3.05, 3.63) is 68.8 Å². The molecular formula is C14H11Cl2NO. The molecule has 0 radical (unpaired) electrons. The van der Waals surface area contributed by atoms with E-state index in [9.17, 15) is 5.21 Å². The molecule has 2 rings (SSSR count). The molecule has 2 aromatic rings. The third kappa shape index (κ3) is 3.03. The fourth-order valence-electron chi connectivity index (χ4n) is 1.62. The second kappa shape index (κ2) is 5.42. The van der Waals surface area contributed by atoms with Gasteiger partial charge in [0.15, 0.2) is 6.21 Å². The fraction of sp³-hybridized carbons (Fsp3) is 0.0714. The fourth-order valence-corrected chi connectivity index (χ4v) is 1.97. The SMILES string of the molecule is Cc1cc(Cl)ccc1[N+]([O-])=Cc1ccc(Cl)cc1. The molecule has 0 atom stereocenters. The van der Waals surface area contributed by atoms with E-state index in [0.29, 0.717) is 15.7 Å². The molecule has 4 heteroatoms. The molecule has 0 aliphatic rings. The highest BCUT2D eigenvalue weighted by Crippen LogP contribution is 2.21. The monoisotopic (exact) mass is 279 g/mol. The predicted octanol–water partition coefficient (Wildman–Crippen LogP) is 4.56. The maximum absolute atomic E-state index is 12.0. The minimum atomic E-state index is 0.578. The van der Waals surface area contributed by atoms with Gasteiger partial charge in [-0.05, 0) is 43.3 Å². The lowest BCUT2D eigenvalue weighted by molar-refractivity contribution is -0.355. The Kier molecular flexibility index (Phi) is 3.90. The summed E-state index contributed by atoms with van der Waals surface area (Å²) >= 11 is 11.6. The summed E-state index contributed by atoms with van der Waals surface area (Å²) in [5.74, 6) is 0. The Morgan fingerprint density at radius 3 is 2.22 bits per heavy atom. The summed E-state index contributed by atoms with van der Waals surface area (Å²) < 4.78 is 0.828. The van der Waals surface area contributed by atoms with Crippen molar-refractivity contribution in [1.82, 2.24) is 0 Å². The van der Waals surface area contributed by atoms with Crippen LogP contribution in [0.2, 0.25) is 10.0 Å². The van der Waals surface area contributed by atoms with Gasteiger partial charge in [0.2, 0.25) is 5.69 Å². The van der Waals surface area contributed by atoms with Crippen LogP contribution in [0, 0.1) is 12.1 Å². The van der Waals surface area contributed by atoms with Crippen LogP contribution in [0.15, 0.2) is 42.5 Å². The Hall–Kier alpha value is -1.51. The standard InChI is InChI=1S/C14H11Cl2NO/c1-10-8-13(16)6-7-14(10)17(18)9-11-2-4-12(15)5-3-11/h2-9H,1H3. The van der Waals surface area contributed by atoms with Gasteiger partial charge in [-0.2, -0.15) is 4.74 Å². The van der Waals surface area contributed by atoms with Crippen LogP contribution < -0.4 is 0 Å². The molecular weight excluding hydrogens is 269 g/mol. The zero-order valence-corrected chi connectivity index (χ0v) is 11.2. The molecule has 0 unspecified atom stereocenters. The Labute approximate surface area is 116 Å². The van der Waals surface area contributed by atoms with Crippen LogP contribution in [-0.4, -0.2) is 11.0 Å². The largest absolute Gasteiger partial charge is 0.618 e. The number of halogens is 2. The maximum Gasteiger partial charge on any atom is 0.219 e. The first kappa shape index (κ1) is 12.9. The molecule has 0 aromatic heterocycles. The van der Waals surface area contributed by atoms with E-state index >= 15 is 0 Å². The zero-order valence-electron chi connectivity index (χ0n) is 9.73. The zero-order chi connectivity index (χ0) is 13.1. The predicted molar refractivity (Wildman–Crippen MR) is 76.1 cm³/mol. The second-order valence-electron chi connectivity index (χ2n) is 3.94. The van der Waals surface area contributed by atoms with Gasteiger partial charge < -0.3 is 5.21 Å². The van der Waals surface area contributed by atoms with E-state index in [1.807, 2.05) is 6.92 Å². The molecule has 2 nitrogen and oxygen atoms in total. The highest BCUT2D eigenvalue weighted by molar-refractivity contribution is 6.31. The van der Waals surface area contributed by atoms with Crippen molar-refractivity contribution in [2.75, 3.05) is 0 Å². The molecule has 0 N–H and O–H groups in total. The number of hydrogen-bond donors (Lipinski definition) is 0. The molecule has 2 aromatic carbocycles. The van der Waals surface area contributed by atoms with Crippen LogP contribution in [-0.2, 0) is 0 Å². The lowest BCUT2D eigenvalue weighted by Gasteiger charge is -2.06. The molecule has 0 spiro atoms. The highest BCUT2D eigenvalue weighted by Gasteiger charge is 2.07. The average Bonchev–Trinajstić information content (AvgIpc) is 2.32. The Bertz CT molecular complexity index is 591. The van der Waals surface area contributed by atoms with Gasteiger partial charge >= 0.3 is 0 Å². The summed E-state index contributed by atoms with van der Waals surface area (Å²) in [6.45, 7) is 1.85. The van der Waals surface area contributed by atoms with Crippen molar-refractivity contribution >= 4 is 35.1 Å². The quantitative estimate of drug-likeness (QED) is 0.342. The van der Waals surface area contributed by atoms with Crippen LogP contribution in [0.3, 0.4) is 0 Å². The van der Waals surface area contributed by atoms with Crippen molar-refractivity contribution in [1.29, 1.82) is 0 Å². The van der Waals surface area contributed by atoms with Crippen LogP contribution in [0.4, 0.5) is 5.69 Å². The van der Waals surface area contributed by atoms with Crippen molar-refractivity contribution in [3.8, 4) is 0 Å². The van der Waals surface area contributed by atoms with Crippen molar-refractivity contribution in [3.63, 3.8) is 0 Å². The summed E-state index contributed by atoms with van der Waals surface area (Å²) in [6, 6.07) is 12.2. The second-order valence-corrected chi connectivity index (χ2v) is 4.81. The first-order valence-electron chi connectivity index (χ1n) is 5.39. The van der Waals surface area contributed by atoms with E-state index < -0.39 is 0 Å². The molecule has 0 saturated heterocycles. The van der Waals surface area contributed by atoms with Crippen molar-refractivity contribution in [2.24, 2.45) is 0 Å². The van der Waals surface area contributed by atoms with Gasteiger partial charge in [-0.25, -0.2) is 0 Å². The van der Waals surface area contributed by atoms with E-state index in [1.54, 1.807) is 42.5 Å². The van der Waals surface area contributed by atoms with Crippen LogP contribution in [0.5, 0.6) is 0 Å². The number of nitrogens with zero attached hydrogens (tertiary/aromatic N) is 1. The maximum atomic E-state index is 12.0. The summed E-state index contributed by atoms with van der Waals surface area (Å²) in [4.78, 5) is 0. The number of benzene rings is 2. The van der Waals surface area contributed by atoms with Gasteiger partial charge in [-0.15, -0.1) is 0 Å². The van der Waals surface area contributed by atoms with Gasteiger partial charge in [-0.1, -0.05) is 23.2 Å².